The van der Waals surface area contributed by atoms with Gasteiger partial charge in [0.2, 0.25) is 0 Å². The number of benzene rings is 2. The first kappa shape index (κ1) is 18.7. The van der Waals surface area contributed by atoms with Crippen LogP contribution in [0.4, 0.5) is 9.52 Å². The summed E-state index contributed by atoms with van der Waals surface area (Å²) in [7, 11) is 0. The number of rotatable bonds is 6. The molecule has 0 bridgehead atoms. The van der Waals surface area contributed by atoms with Crippen LogP contribution in [0.5, 0.6) is 0 Å². The summed E-state index contributed by atoms with van der Waals surface area (Å²) in [6.45, 7) is 0.489. The van der Waals surface area contributed by atoms with Gasteiger partial charge in [0.25, 0.3) is 0 Å². The van der Waals surface area contributed by atoms with Gasteiger partial charge in [-0.1, -0.05) is 35.1 Å². The molecule has 4 rings (SSSR count). The molecule has 0 aliphatic rings. The Morgan fingerprint density at radius 3 is 3.00 bits per heavy atom. The molecule has 1 atom stereocenters. The zero-order valence-electron chi connectivity index (χ0n) is 14.5. The number of halogens is 2. The number of anilines is 1. The molecule has 144 valence electrons. The quantitative estimate of drug-likeness (QED) is 0.439. The van der Waals surface area contributed by atoms with Gasteiger partial charge in [-0.05, 0) is 41.8 Å². The van der Waals surface area contributed by atoms with Crippen molar-refractivity contribution in [3.8, 4) is 10.4 Å². The van der Waals surface area contributed by atoms with E-state index in [4.69, 9.17) is 21.8 Å². The van der Waals surface area contributed by atoms with Gasteiger partial charge in [-0.3, -0.25) is 4.98 Å². The molecule has 0 aliphatic heterocycles. The van der Waals surface area contributed by atoms with Gasteiger partial charge in [-0.25, -0.2) is 14.2 Å². The number of H-pyrrole nitrogens is 1. The number of nitrogens with one attached hydrogen (secondary N) is 2. The average molecular weight is 419 g/mol. The third-order valence-corrected chi connectivity index (χ3v) is 5.52. The van der Waals surface area contributed by atoms with Crippen molar-refractivity contribution in [2.75, 3.05) is 11.9 Å². The number of hydrogen-bond donors (Lipinski definition) is 3. The lowest BCUT2D eigenvalue weighted by molar-refractivity contribution is 0.555. The summed E-state index contributed by atoms with van der Waals surface area (Å²) in [5.74, 6) is -0.924. The van der Waals surface area contributed by atoms with Crippen molar-refractivity contribution in [3.05, 3.63) is 69.5 Å². The number of aromatic nitrogens is 2. The molecule has 0 saturated carbocycles. The van der Waals surface area contributed by atoms with E-state index in [9.17, 15) is 9.18 Å². The summed E-state index contributed by atoms with van der Waals surface area (Å²) in [4.78, 5) is 19.2. The van der Waals surface area contributed by atoms with E-state index >= 15 is 0 Å². The average Bonchev–Trinajstić information content (AvgIpc) is 3.28. The second kappa shape index (κ2) is 7.75. The van der Waals surface area contributed by atoms with Crippen LogP contribution < -0.4 is 16.8 Å². The van der Waals surface area contributed by atoms with Gasteiger partial charge < -0.3 is 15.5 Å². The van der Waals surface area contributed by atoms with Crippen LogP contribution in [0, 0.1) is 5.82 Å². The highest BCUT2D eigenvalue weighted by molar-refractivity contribution is 7.18. The Bertz CT molecular complexity index is 1190. The van der Waals surface area contributed by atoms with Crippen LogP contribution in [0.15, 0.2) is 51.8 Å². The molecule has 2 heterocycles. The Morgan fingerprint density at radius 2 is 2.18 bits per heavy atom. The number of oxazole rings is 1. The lowest BCUT2D eigenvalue weighted by Gasteiger charge is -2.12. The van der Waals surface area contributed by atoms with E-state index in [2.05, 4.69) is 15.3 Å². The van der Waals surface area contributed by atoms with Gasteiger partial charge in [0.05, 0.1) is 15.4 Å². The van der Waals surface area contributed by atoms with E-state index in [-0.39, 0.29) is 11.1 Å². The van der Waals surface area contributed by atoms with Crippen molar-refractivity contribution in [1.29, 1.82) is 0 Å². The van der Waals surface area contributed by atoms with Crippen LogP contribution in [0.2, 0.25) is 5.02 Å². The first-order valence-electron chi connectivity index (χ1n) is 8.50. The zero-order valence-corrected chi connectivity index (χ0v) is 16.1. The van der Waals surface area contributed by atoms with Crippen molar-refractivity contribution in [3.63, 3.8) is 0 Å². The fraction of sp³-hybridized carbons (Fsp3) is 0.158. The second-order valence-corrected chi connectivity index (χ2v) is 7.79. The Morgan fingerprint density at radius 1 is 1.32 bits per heavy atom. The zero-order chi connectivity index (χ0) is 19.7. The van der Waals surface area contributed by atoms with Crippen molar-refractivity contribution in [2.45, 2.75) is 12.5 Å². The number of nitrogens with two attached hydrogens (primary N) is 1. The predicted octanol–water partition coefficient (Wildman–Crippen LogP) is 4.02. The number of hydrogen-bond acceptors (Lipinski definition) is 6. The van der Waals surface area contributed by atoms with Gasteiger partial charge in [0.1, 0.15) is 5.82 Å². The molecule has 0 aliphatic carbocycles. The normalized spacial score (nSPS) is 12.4. The highest BCUT2D eigenvalue weighted by Crippen LogP contribution is 2.30. The summed E-state index contributed by atoms with van der Waals surface area (Å²) in [5.41, 5.74) is 8.99. The third-order valence-electron chi connectivity index (χ3n) is 4.21. The maximum Gasteiger partial charge on any atom is 0.417 e. The largest absolute Gasteiger partial charge is 0.417 e. The van der Waals surface area contributed by atoms with E-state index in [1.165, 1.54) is 23.5 Å². The lowest BCUT2D eigenvalue weighted by Crippen LogP contribution is -2.31. The summed E-state index contributed by atoms with van der Waals surface area (Å²) >= 11 is 7.16. The Kier molecular flexibility index (Phi) is 5.17. The summed E-state index contributed by atoms with van der Waals surface area (Å²) in [5, 5.41) is 4.03. The molecule has 0 fully saturated rings. The minimum atomic E-state index is -0.478. The van der Waals surface area contributed by atoms with Crippen LogP contribution in [0.1, 0.15) is 5.56 Å². The number of fused-ring (bicyclic) bond motifs is 1. The van der Waals surface area contributed by atoms with Gasteiger partial charge in [0, 0.05) is 18.8 Å². The summed E-state index contributed by atoms with van der Waals surface area (Å²) < 4.78 is 18.6. The van der Waals surface area contributed by atoms with Crippen LogP contribution in [0.25, 0.3) is 21.5 Å². The predicted molar refractivity (Wildman–Crippen MR) is 110 cm³/mol. The minimum absolute atomic E-state index is 0.0999. The summed E-state index contributed by atoms with van der Waals surface area (Å²) in [6.07, 6.45) is 2.27. The highest BCUT2D eigenvalue weighted by atomic mass is 35.5. The highest BCUT2D eigenvalue weighted by Gasteiger charge is 2.10. The number of nitrogens with zero attached hydrogens (tertiary/aromatic N) is 1. The van der Waals surface area contributed by atoms with Crippen molar-refractivity contribution in [1.82, 2.24) is 9.97 Å². The first-order valence-corrected chi connectivity index (χ1v) is 9.70. The molecule has 2 aromatic carbocycles. The fourth-order valence-electron chi connectivity index (χ4n) is 2.85. The molecule has 0 saturated heterocycles. The lowest BCUT2D eigenvalue weighted by atomic mass is 10.1. The smallest absolute Gasteiger partial charge is 0.408 e. The molecule has 4 aromatic rings. The van der Waals surface area contributed by atoms with Crippen LogP contribution in [0.3, 0.4) is 0 Å². The standard InChI is InChI=1S/C19H16ClFN4O2S/c20-13-3-1-10(6-14(13)21)5-12(22)8-23-18-24-9-17(28-18)11-2-4-15-16(7-11)27-19(26)25-15/h1-4,6-7,9,12H,5,8,22H2,(H,23,24)(H,25,26). The van der Waals surface area contributed by atoms with Gasteiger partial charge >= 0.3 is 5.76 Å². The molecular formula is C19H16ClFN4O2S. The molecule has 2 aromatic heterocycles. The molecule has 28 heavy (non-hydrogen) atoms. The monoisotopic (exact) mass is 418 g/mol. The summed E-state index contributed by atoms with van der Waals surface area (Å²) in [6, 6.07) is 9.98. The topological polar surface area (TPSA) is 96.9 Å². The van der Waals surface area contributed by atoms with E-state index in [0.29, 0.717) is 24.1 Å². The van der Waals surface area contributed by atoms with Gasteiger partial charge in [0.15, 0.2) is 10.7 Å². The molecular weight excluding hydrogens is 403 g/mol. The Hall–Kier alpha value is -2.68. The second-order valence-electron chi connectivity index (χ2n) is 6.35. The Labute approximate surface area is 168 Å². The third kappa shape index (κ3) is 4.09. The van der Waals surface area contributed by atoms with Crippen molar-refractivity contribution >= 4 is 39.2 Å². The minimum Gasteiger partial charge on any atom is -0.408 e. The maximum atomic E-state index is 13.5. The molecule has 9 heteroatoms. The van der Waals surface area contributed by atoms with Crippen LogP contribution in [-0.4, -0.2) is 22.6 Å². The molecule has 0 spiro atoms. The maximum absolute atomic E-state index is 13.5. The van der Waals surface area contributed by atoms with E-state index in [1.54, 1.807) is 24.4 Å². The molecule has 6 nitrogen and oxygen atoms in total. The molecule has 1 unspecified atom stereocenters. The van der Waals surface area contributed by atoms with E-state index in [0.717, 1.165) is 21.1 Å². The van der Waals surface area contributed by atoms with Gasteiger partial charge in [-0.15, -0.1) is 0 Å². The first-order chi connectivity index (χ1) is 13.5. The number of aromatic amines is 1. The molecule has 4 N–H and O–H groups in total. The van der Waals surface area contributed by atoms with E-state index in [1.807, 2.05) is 6.07 Å². The van der Waals surface area contributed by atoms with Crippen LogP contribution >= 0.6 is 22.9 Å². The number of thiazole rings is 1. The van der Waals surface area contributed by atoms with Crippen LogP contribution in [-0.2, 0) is 6.42 Å². The fourth-order valence-corrected chi connectivity index (χ4v) is 3.78. The van der Waals surface area contributed by atoms with Crippen molar-refractivity contribution < 1.29 is 8.81 Å². The van der Waals surface area contributed by atoms with E-state index < -0.39 is 11.6 Å². The van der Waals surface area contributed by atoms with Crippen molar-refractivity contribution in [2.24, 2.45) is 5.73 Å². The molecule has 0 radical (unpaired) electrons. The molecule has 0 amide bonds. The van der Waals surface area contributed by atoms with Gasteiger partial charge in [-0.2, -0.15) is 0 Å². The Balaban J connectivity index is 1.39. The SMILES string of the molecule is NC(CNc1ncc(-c2ccc3[nH]c(=O)oc3c2)s1)Cc1ccc(Cl)c(F)c1.